The Labute approximate surface area is 124 Å². The topological polar surface area (TPSA) is 42.2 Å². The van der Waals surface area contributed by atoms with Crippen molar-refractivity contribution in [3.63, 3.8) is 0 Å². The van der Waals surface area contributed by atoms with E-state index in [1.807, 2.05) is 11.8 Å². The Kier molecular flexibility index (Phi) is 3.61. The molecule has 106 valence electrons. The molecule has 0 atom stereocenters. The van der Waals surface area contributed by atoms with E-state index in [0.717, 1.165) is 30.4 Å². The standard InChI is InChI=1S/C16H21N3S/c1-16(2)11-19(7-8-20-16)15-14-6-4-3-5-12(14)9-13(10-17)18-15/h3-6,9H,7-8,10-11,17H2,1-2H3. The van der Waals surface area contributed by atoms with E-state index in [9.17, 15) is 0 Å². The first-order valence-corrected chi connectivity index (χ1v) is 8.05. The number of aromatic nitrogens is 1. The van der Waals surface area contributed by atoms with Gasteiger partial charge in [-0.2, -0.15) is 11.8 Å². The molecule has 2 heterocycles. The van der Waals surface area contributed by atoms with Crippen molar-refractivity contribution in [2.75, 3.05) is 23.7 Å². The van der Waals surface area contributed by atoms with Gasteiger partial charge in [0.25, 0.3) is 0 Å². The van der Waals surface area contributed by atoms with E-state index in [-0.39, 0.29) is 4.75 Å². The highest BCUT2D eigenvalue weighted by molar-refractivity contribution is 8.00. The van der Waals surface area contributed by atoms with Crippen LogP contribution in [0.3, 0.4) is 0 Å². The van der Waals surface area contributed by atoms with Gasteiger partial charge in [-0.25, -0.2) is 4.98 Å². The van der Waals surface area contributed by atoms with Crippen LogP contribution in [0.25, 0.3) is 10.8 Å². The maximum Gasteiger partial charge on any atom is 0.136 e. The van der Waals surface area contributed by atoms with Gasteiger partial charge in [0.1, 0.15) is 5.82 Å². The maximum absolute atomic E-state index is 5.81. The third kappa shape index (κ3) is 2.63. The fourth-order valence-corrected chi connectivity index (χ4v) is 3.89. The van der Waals surface area contributed by atoms with Crippen molar-refractivity contribution >= 4 is 28.4 Å². The van der Waals surface area contributed by atoms with Gasteiger partial charge in [-0.1, -0.05) is 24.3 Å². The third-order valence-corrected chi connectivity index (χ3v) is 5.00. The molecule has 0 spiro atoms. The maximum atomic E-state index is 5.81. The molecule has 3 rings (SSSR count). The molecular weight excluding hydrogens is 266 g/mol. The number of thioether (sulfide) groups is 1. The van der Waals surface area contributed by atoms with Crippen molar-refractivity contribution in [3.8, 4) is 0 Å². The first kappa shape index (κ1) is 13.7. The molecule has 1 aromatic heterocycles. The molecule has 1 saturated heterocycles. The van der Waals surface area contributed by atoms with Gasteiger partial charge in [0, 0.05) is 35.5 Å². The highest BCUT2D eigenvalue weighted by atomic mass is 32.2. The lowest BCUT2D eigenvalue weighted by molar-refractivity contribution is 0.643. The number of hydrogen-bond acceptors (Lipinski definition) is 4. The second-order valence-electron chi connectivity index (χ2n) is 5.89. The minimum Gasteiger partial charge on any atom is -0.354 e. The summed E-state index contributed by atoms with van der Waals surface area (Å²) in [5, 5.41) is 2.46. The zero-order valence-corrected chi connectivity index (χ0v) is 12.9. The van der Waals surface area contributed by atoms with Crippen molar-refractivity contribution in [1.82, 2.24) is 4.98 Å². The summed E-state index contributed by atoms with van der Waals surface area (Å²) in [6.07, 6.45) is 0. The first-order chi connectivity index (χ1) is 9.59. The molecule has 1 fully saturated rings. The van der Waals surface area contributed by atoms with Crippen LogP contribution in [0.5, 0.6) is 0 Å². The highest BCUT2D eigenvalue weighted by Crippen LogP contribution is 2.34. The van der Waals surface area contributed by atoms with E-state index in [0.29, 0.717) is 6.54 Å². The normalized spacial score (nSPS) is 18.4. The van der Waals surface area contributed by atoms with Crippen molar-refractivity contribution in [2.45, 2.75) is 25.1 Å². The number of benzene rings is 1. The van der Waals surface area contributed by atoms with Crippen LogP contribution >= 0.6 is 11.8 Å². The smallest absolute Gasteiger partial charge is 0.136 e. The van der Waals surface area contributed by atoms with E-state index in [2.05, 4.69) is 49.1 Å². The largest absolute Gasteiger partial charge is 0.354 e. The lowest BCUT2D eigenvalue weighted by Crippen LogP contribution is -2.43. The summed E-state index contributed by atoms with van der Waals surface area (Å²) in [5.41, 5.74) is 6.77. The summed E-state index contributed by atoms with van der Waals surface area (Å²) >= 11 is 2.04. The Morgan fingerprint density at radius 1 is 1.35 bits per heavy atom. The number of rotatable bonds is 2. The molecule has 1 aliphatic rings. The highest BCUT2D eigenvalue weighted by Gasteiger charge is 2.28. The van der Waals surface area contributed by atoms with Crippen LogP contribution in [0.2, 0.25) is 0 Å². The SMILES string of the molecule is CC1(C)CN(c2nc(CN)cc3ccccc23)CCS1. The predicted octanol–water partition coefficient (Wildman–Crippen LogP) is 3.03. The van der Waals surface area contributed by atoms with Crippen LogP contribution in [0.15, 0.2) is 30.3 Å². The molecule has 0 aliphatic carbocycles. The molecule has 3 nitrogen and oxygen atoms in total. The Morgan fingerprint density at radius 2 is 2.15 bits per heavy atom. The van der Waals surface area contributed by atoms with Crippen molar-refractivity contribution < 1.29 is 0 Å². The summed E-state index contributed by atoms with van der Waals surface area (Å²) in [6.45, 7) is 7.18. The number of anilines is 1. The molecule has 0 saturated carbocycles. The van der Waals surface area contributed by atoms with Gasteiger partial charge in [-0.15, -0.1) is 0 Å². The number of pyridine rings is 1. The van der Waals surface area contributed by atoms with Gasteiger partial charge in [-0.05, 0) is 25.3 Å². The van der Waals surface area contributed by atoms with Crippen molar-refractivity contribution in [3.05, 3.63) is 36.0 Å². The minimum absolute atomic E-state index is 0.278. The van der Waals surface area contributed by atoms with Crippen LogP contribution in [0.1, 0.15) is 19.5 Å². The van der Waals surface area contributed by atoms with Crippen molar-refractivity contribution in [2.24, 2.45) is 5.73 Å². The zero-order chi connectivity index (χ0) is 14.2. The fraction of sp³-hybridized carbons (Fsp3) is 0.438. The fourth-order valence-electron chi connectivity index (χ4n) is 2.78. The van der Waals surface area contributed by atoms with Crippen molar-refractivity contribution in [1.29, 1.82) is 0 Å². The van der Waals surface area contributed by atoms with Gasteiger partial charge in [-0.3, -0.25) is 0 Å². The molecule has 1 aliphatic heterocycles. The average Bonchev–Trinajstić information content (AvgIpc) is 2.45. The van der Waals surface area contributed by atoms with Crippen LogP contribution < -0.4 is 10.6 Å². The molecule has 20 heavy (non-hydrogen) atoms. The van der Waals surface area contributed by atoms with Crippen LogP contribution in [-0.4, -0.2) is 28.6 Å². The van der Waals surface area contributed by atoms with E-state index in [4.69, 9.17) is 10.7 Å². The van der Waals surface area contributed by atoms with Gasteiger partial charge in [0.2, 0.25) is 0 Å². The number of hydrogen-bond donors (Lipinski definition) is 1. The quantitative estimate of drug-likeness (QED) is 0.922. The van der Waals surface area contributed by atoms with Gasteiger partial charge in [0.15, 0.2) is 0 Å². The molecule has 0 radical (unpaired) electrons. The predicted molar refractivity (Wildman–Crippen MR) is 88.4 cm³/mol. The Balaban J connectivity index is 2.09. The molecular formula is C16H21N3S. The van der Waals surface area contributed by atoms with E-state index in [1.54, 1.807) is 0 Å². The summed E-state index contributed by atoms with van der Waals surface area (Å²) in [5.74, 6) is 2.24. The van der Waals surface area contributed by atoms with E-state index < -0.39 is 0 Å². The molecule has 0 amide bonds. The summed E-state index contributed by atoms with van der Waals surface area (Å²) < 4.78 is 0.278. The third-order valence-electron chi connectivity index (χ3n) is 3.71. The summed E-state index contributed by atoms with van der Waals surface area (Å²) in [6, 6.07) is 10.6. The molecule has 0 unspecified atom stereocenters. The molecule has 0 bridgehead atoms. The second kappa shape index (κ2) is 5.26. The van der Waals surface area contributed by atoms with Crippen LogP contribution in [-0.2, 0) is 6.54 Å². The van der Waals surface area contributed by atoms with E-state index in [1.165, 1.54) is 10.8 Å². The van der Waals surface area contributed by atoms with Gasteiger partial charge in [0.05, 0.1) is 5.69 Å². The average molecular weight is 287 g/mol. The Bertz CT molecular complexity index is 624. The Morgan fingerprint density at radius 3 is 2.90 bits per heavy atom. The van der Waals surface area contributed by atoms with E-state index >= 15 is 0 Å². The van der Waals surface area contributed by atoms with Crippen LogP contribution in [0, 0.1) is 0 Å². The lowest BCUT2D eigenvalue weighted by Gasteiger charge is -2.38. The number of fused-ring (bicyclic) bond motifs is 1. The summed E-state index contributed by atoms with van der Waals surface area (Å²) in [4.78, 5) is 7.21. The Hall–Kier alpha value is -1.26. The van der Waals surface area contributed by atoms with Crippen LogP contribution in [0.4, 0.5) is 5.82 Å². The molecule has 1 aromatic carbocycles. The molecule has 2 aromatic rings. The monoisotopic (exact) mass is 287 g/mol. The molecule has 2 N–H and O–H groups in total. The lowest BCUT2D eigenvalue weighted by atomic mass is 10.1. The minimum atomic E-state index is 0.278. The second-order valence-corrected chi connectivity index (χ2v) is 7.69. The first-order valence-electron chi connectivity index (χ1n) is 7.07. The molecule has 4 heteroatoms. The van der Waals surface area contributed by atoms with Gasteiger partial charge < -0.3 is 10.6 Å². The summed E-state index contributed by atoms with van der Waals surface area (Å²) in [7, 11) is 0. The zero-order valence-electron chi connectivity index (χ0n) is 12.1. The van der Waals surface area contributed by atoms with Gasteiger partial charge >= 0.3 is 0 Å². The number of nitrogens with zero attached hydrogens (tertiary/aromatic N) is 2. The number of nitrogens with two attached hydrogens (primary N) is 1.